The Morgan fingerprint density at radius 2 is 2.29 bits per heavy atom. The second-order valence-electron chi connectivity index (χ2n) is 5.86. The van der Waals surface area contributed by atoms with Gasteiger partial charge in [-0.15, -0.1) is 0 Å². The number of likely N-dealkylation sites (tertiary alicyclic amines) is 2. The number of fused-ring (bicyclic) bond motifs is 1. The van der Waals surface area contributed by atoms with Crippen LogP contribution in [0.3, 0.4) is 0 Å². The molecule has 0 unspecified atom stereocenters. The number of rotatable bonds is 4. The molecule has 6 nitrogen and oxygen atoms in total. The molecular formula is C15H19N3O3. The molecule has 3 rings (SSSR count). The molecule has 2 fully saturated rings. The number of carbonyl (C=O) groups is 2. The van der Waals surface area contributed by atoms with E-state index in [0.29, 0.717) is 32.7 Å². The Bertz CT molecular complexity index is 563. The Hall–Kier alpha value is -1.95. The fourth-order valence-electron chi connectivity index (χ4n) is 3.51. The molecule has 1 amide bonds. The van der Waals surface area contributed by atoms with Crippen LogP contribution >= 0.6 is 0 Å². The molecule has 0 spiro atoms. The zero-order valence-corrected chi connectivity index (χ0v) is 12.0. The van der Waals surface area contributed by atoms with E-state index in [-0.39, 0.29) is 5.91 Å². The maximum Gasteiger partial charge on any atom is 0.313 e. The minimum atomic E-state index is -0.956. The highest BCUT2D eigenvalue weighted by Crippen LogP contribution is 2.43. The average molecular weight is 289 g/mol. The fourth-order valence-corrected chi connectivity index (χ4v) is 3.51. The summed E-state index contributed by atoms with van der Waals surface area (Å²) in [5.74, 6) is -1.32. The molecule has 1 aromatic rings. The summed E-state index contributed by atoms with van der Waals surface area (Å²) in [6.07, 6.45) is 1.73. The van der Waals surface area contributed by atoms with Crippen LogP contribution in [0.15, 0.2) is 24.4 Å². The number of hydrogen-bond acceptors (Lipinski definition) is 4. The van der Waals surface area contributed by atoms with Crippen LogP contribution < -0.4 is 0 Å². The highest BCUT2D eigenvalue weighted by Gasteiger charge is 2.61. The first kappa shape index (κ1) is 14.0. The van der Waals surface area contributed by atoms with Crippen molar-refractivity contribution in [3.05, 3.63) is 30.1 Å². The Kier molecular flexibility index (Phi) is 3.41. The maximum absolute atomic E-state index is 12.3. The van der Waals surface area contributed by atoms with Crippen LogP contribution in [0, 0.1) is 11.3 Å². The number of nitrogens with zero attached hydrogens (tertiary/aromatic N) is 3. The zero-order chi connectivity index (χ0) is 15.0. The second kappa shape index (κ2) is 5.11. The lowest BCUT2D eigenvalue weighted by Gasteiger charge is -2.24. The third-order valence-corrected chi connectivity index (χ3v) is 4.62. The van der Waals surface area contributed by atoms with Gasteiger partial charge in [0.05, 0.1) is 11.6 Å². The molecule has 0 radical (unpaired) electrons. The maximum atomic E-state index is 12.3. The van der Waals surface area contributed by atoms with Crippen molar-refractivity contribution in [3.8, 4) is 0 Å². The van der Waals surface area contributed by atoms with E-state index in [9.17, 15) is 14.7 Å². The molecule has 21 heavy (non-hydrogen) atoms. The number of carboxylic acid groups (broad SMARTS) is 1. The van der Waals surface area contributed by atoms with Gasteiger partial charge < -0.3 is 10.0 Å². The number of carboxylic acids is 1. The predicted molar refractivity (Wildman–Crippen MR) is 75.3 cm³/mol. The first-order valence-corrected chi connectivity index (χ1v) is 7.21. The van der Waals surface area contributed by atoms with E-state index in [2.05, 4.69) is 4.98 Å². The summed E-state index contributed by atoms with van der Waals surface area (Å²) in [5, 5.41) is 9.67. The Labute approximate surface area is 123 Å². The monoisotopic (exact) mass is 289 g/mol. The minimum Gasteiger partial charge on any atom is -0.481 e. The molecule has 0 bridgehead atoms. The van der Waals surface area contributed by atoms with E-state index < -0.39 is 17.3 Å². The molecule has 0 aromatic carbocycles. The van der Waals surface area contributed by atoms with Crippen LogP contribution in [0.2, 0.25) is 0 Å². The summed E-state index contributed by atoms with van der Waals surface area (Å²) in [6, 6.07) is 5.68. The first-order valence-electron chi connectivity index (χ1n) is 7.21. The van der Waals surface area contributed by atoms with Gasteiger partial charge >= 0.3 is 5.97 Å². The standard InChI is InChI=1S/C15H19N3O3/c1-2-18-10-15(14(20)21)9-17(8-12(15)13(18)19)7-11-5-3-4-6-16-11/h3-6,12H,2,7-10H2,1H3,(H,20,21)/t12-,15-/m1/s1. The van der Waals surface area contributed by atoms with Crippen molar-refractivity contribution in [1.82, 2.24) is 14.8 Å². The van der Waals surface area contributed by atoms with E-state index in [1.165, 1.54) is 0 Å². The van der Waals surface area contributed by atoms with Crippen molar-refractivity contribution >= 4 is 11.9 Å². The van der Waals surface area contributed by atoms with Crippen molar-refractivity contribution in [2.75, 3.05) is 26.2 Å². The van der Waals surface area contributed by atoms with Gasteiger partial charge in [0, 0.05) is 38.9 Å². The molecule has 2 aliphatic rings. The third-order valence-electron chi connectivity index (χ3n) is 4.62. The molecule has 1 N–H and O–H groups in total. The Balaban J connectivity index is 1.80. The van der Waals surface area contributed by atoms with Gasteiger partial charge in [0.1, 0.15) is 5.41 Å². The summed E-state index contributed by atoms with van der Waals surface area (Å²) >= 11 is 0. The van der Waals surface area contributed by atoms with E-state index in [1.807, 2.05) is 30.0 Å². The Morgan fingerprint density at radius 3 is 2.86 bits per heavy atom. The lowest BCUT2D eigenvalue weighted by atomic mass is 9.81. The SMILES string of the molecule is CCN1C[C@]2(C(=O)O)CN(Cc3ccccn3)C[C@@H]2C1=O. The topological polar surface area (TPSA) is 73.7 Å². The quantitative estimate of drug-likeness (QED) is 0.871. The highest BCUT2D eigenvalue weighted by atomic mass is 16.4. The number of amides is 1. The molecule has 2 saturated heterocycles. The fraction of sp³-hybridized carbons (Fsp3) is 0.533. The molecule has 0 saturated carbocycles. The van der Waals surface area contributed by atoms with Crippen LogP contribution in [0.4, 0.5) is 0 Å². The molecular weight excluding hydrogens is 270 g/mol. The summed E-state index contributed by atoms with van der Waals surface area (Å²) in [4.78, 5) is 32.1. The normalized spacial score (nSPS) is 28.9. The van der Waals surface area contributed by atoms with Crippen LogP contribution in [0.5, 0.6) is 0 Å². The van der Waals surface area contributed by atoms with E-state index in [4.69, 9.17) is 0 Å². The molecule has 0 aliphatic carbocycles. The summed E-state index contributed by atoms with van der Waals surface area (Å²) in [7, 11) is 0. The van der Waals surface area contributed by atoms with Crippen molar-refractivity contribution < 1.29 is 14.7 Å². The lowest BCUT2D eigenvalue weighted by Crippen LogP contribution is -2.40. The van der Waals surface area contributed by atoms with Gasteiger partial charge in [-0.1, -0.05) is 6.07 Å². The number of aliphatic carboxylic acids is 1. The highest BCUT2D eigenvalue weighted by molar-refractivity contribution is 5.92. The summed E-state index contributed by atoms with van der Waals surface area (Å²) < 4.78 is 0. The number of hydrogen-bond donors (Lipinski definition) is 1. The van der Waals surface area contributed by atoms with Gasteiger partial charge in [-0.25, -0.2) is 0 Å². The average Bonchev–Trinajstić information content (AvgIpc) is 2.96. The number of carbonyl (C=O) groups excluding carboxylic acids is 1. The van der Waals surface area contributed by atoms with Crippen LogP contribution in [-0.4, -0.2) is 57.9 Å². The molecule has 112 valence electrons. The number of aromatic nitrogens is 1. The molecule has 3 heterocycles. The van der Waals surface area contributed by atoms with E-state index >= 15 is 0 Å². The largest absolute Gasteiger partial charge is 0.481 e. The van der Waals surface area contributed by atoms with Gasteiger partial charge in [0.15, 0.2) is 0 Å². The smallest absolute Gasteiger partial charge is 0.313 e. The summed E-state index contributed by atoms with van der Waals surface area (Å²) in [6.45, 7) is 4.28. The van der Waals surface area contributed by atoms with Crippen LogP contribution in [0.25, 0.3) is 0 Å². The first-order chi connectivity index (χ1) is 10.1. The predicted octanol–water partition coefficient (Wildman–Crippen LogP) is 0.446. The molecule has 1 aromatic heterocycles. The van der Waals surface area contributed by atoms with E-state index in [1.54, 1.807) is 11.1 Å². The van der Waals surface area contributed by atoms with Gasteiger partial charge in [0.25, 0.3) is 0 Å². The lowest BCUT2D eigenvalue weighted by molar-refractivity contribution is -0.149. The molecule has 2 aliphatic heterocycles. The van der Waals surface area contributed by atoms with Crippen LogP contribution in [0.1, 0.15) is 12.6 Å². The van der Waals surface area contributed by atoms with Crippen molar-refractivity contribution in [1.29, 1.82) is 0 Å². The van der Waals surface area contributed by atoms with Gasteiger partial charge in [-0.3, -0.25) is 19.5 Å². The third kappa shape index (κ3) is 2.19. The minimum absolute atomic E-state index is 0.0246. The van der Waals surface area contributed by atoms with Crippen molar-refractivity contribution in [2.45, 2.75) is 13.5 Å². The zero-order valence-electron chi connectivity index (χ0n) is 12.0. The molecule has 2 atom stereocenters. The van der Waals surface area contributed by atoms with E-state index in [0.717, 1.165) is 5.69 Å². The van der Waals surface area contributed by atoms with Gasteiger partial charge in [0.2, 0.25) is 5.91 Å². The molecule has 6 heteroatoms. The van der Waals surface area contributed by atoms with Gasteiger partial charge in [-0.2, -0.15) is 0 Å². The summed E-state index contributed by atoms with van der Waals surface area (Å²) in [5.41, 5.74) is -0.0557. The van der Waals surface area contributed by atoms with Crippen molar-refractivity contribution in [2.24, 2.45) is 11.3 Å². The van der Waals surface area contributed by atoms with Crippen molar-refractivity contribution in [3.63, 3.8) is 0 Å². The second-order valence-corrected chi connectivity index (χ2v) is 5.86. The van der Waals surface area contributed by atoms with Crippen LogP contribution in [-0.2, 0) is 16.1 Å². The van der Waals surface area contributed by atoms with Gasteiger partial charge in [-0.05, 0) is 19.1 Å². The number of pyridine rings is 1. The Morgan fingerprint density at radius 1 is 1.48 bits per heavy atom.